The van der Waals surface area contributed by atoms with Crippen LogP contribution < -0.4 is 5.32 Å². The van der Waals surface area contributed by atoms with Gasteiger partial charge in [0.15, 0.2) is 5.13 Å². The lowest BCUT2D eigenvalue weighted by atomic mass is 10.1. The Labute approximate surface area is 168 Å². The van der Waals surface area contributed by atoms with Crippen LogP contribution in [-0.4, -0.2) is 36.7 Å². The second-order valence-corrected chi connectivity index (χ2v) is 9.90. The van der Waals surface area contributed by atoms with Crippen molar-refractivity contribution in [3.05, 3.63) is 53.6 Å². The quantitative estimate of drug-likeness (QED) is 0.662. The van der Waals surface area contributed by atoms with E-state index in [-0.39, 0.29) is 16.8 Å². The predicted molar refractivity (Wildman–Crippen MR) is 111 cm³/mol. The average molecular weight is 416 g/mol. The van der Waals surface area contributed by atoms with Crippen LogP contribution in [-0.2, 0) is 16.4 Å². The summed E-state index contributed by atoms with van der Waals surface area (Å²) in [5.41, 5.74) is 2.45. The van der Waals surface area contributed by atoms with Gasteiger partial charge in [0.2, 0.25) is 10.0 Å². The zero-order valence-corrected chi connectivity index (χ0v) is 17.3. The minimum atomic E-state index is -3.51. The van der Waals surface area contributed by atoms with Crippen LogP contribution in [0.25, 0.3) is 10.2 Å². The molecule has 146 valence electrons. The van der Waals surface area contributed by atoms with E-state index < -0.39 is 10.0 Å². The number of nitrogens with one attached hydrogen (secondary N) is 1. The highest BCUT2D eigenvalue weighted by Gasteiger charge is 2.35. The van der Waals surface area contributed by atoms with Gasteiger partial charge in [0.05, 0.1) is 15.1 Å². The molecule has 1 aliphatic carbocycles. The number of rotatable bonds is 6. The zero-order chi connectivity index (χ0) is 19.9. The Morgan fingerprint density at radius 3 is 2.57 bits per heavy atom. The SMILES string of the molecule is CCc1cccc2sc(NC(=O)c3ccc(S(=O)(=O)N(C)C4CC4)cc3)nc12. The second kappa shape index (κ2) is 7.27. The van der Waals surface area contributed by atoms with E-state index in [1.807, 2.05) is 18.2 Å². The molecule has 1 amide bonds. The average Bonchev–Trinajstić information content (AvgIpc) is 3.46. The van der Waals surface area contributed by atoms with E-state index in [0.29, 0.717) is 10.7 Å². The highest BCUT2D eigenvalue weighted by molar-refractivity contribution is 7.89. The smallest absolute Gasteiger partial charge is 0.257 e. The summed E-state index contributed by atoms with van der Waals surface area (Å²) in [5.74, 6) is -0.309. The van der Waals surface area contributed by atoms with Crippen LogP contribution in [0.1, 0.15) is 35.7 Å². The molecule has 3 aromatic rings. The molecule has 0 radical (unpaired) electrons. The van der Waals surface area contributed by atoms with Gasteiger partial charge in [-0.25, -0.2) is 13.4 Å². The zero-order valence-electron chi connectivity index (χ0n) is 15.7. The summed E-state index contributed by atoms with van der Waals surface area (Å²) in [5, 5.41) is 3.35. The number of hydrogen-bond acceptors (Lipinski definition) is 5. The number of fused-ring (bicyclic) bond motifs is 1. The van der Waals surface area contributed by atoms with E-state index in [9.17, 15) is 13.2 Å². The summed E-state index contributed by atoms with van der Waals surface area (Å²) in [7, 11) is -1.91. The normalized spacial score (nSPS) is 14.5. The Morgan fingerprint density at radius 2 is 1.93 bits per heavy atom. The number of aryl methyl sites for hydroxylation is 1. The number of aromatic nitrogens is 1. The molecule has 1 aromatic heterocycles. The molecular weight excluding hydrogens is 394 g/mol. The van der Waals surface area contributed by atoms with Crippen LogP contribution >= 0.6 is 11.3 Å². The van der Waals surface area contributed by atoms with E-state index in [0.717, 1.165) is 35.0 Å². The second-order valence-electron chi connectivity index (χ2n) is 6.87. The van der Waals surface area contributed by atoms with Crippen LogP contribution in [0.5, 0.6) is 0 Å². The lowest BCUT2D eigenvalue weighted by Gasteiger charge is -2.16. The summed E-state index contributed by atoms with van der Waals surface area (Å²) in [4.78, 5) is 17.3. The van der Waals surface area contributed by atoms with E-state index in [2.05, 4.69) is 17.2 Å². The number of thiazole rings is 1. The Balaban J connectivity index is 1.52. The fourth-order valence-corrected chi connectivity index (χ4v) is 5.42. The predicted octanol–water partition coefficient (Wildman–Crippen LogP) is 3.89. The van der Waals surface area contributed by atoms with Gasteiger partial charge in [-0.05, 0) is 55.2 Å². The number of carbonyl (C=O) groups is 1. The van der Waals surface area contributed by atoms with Gasteiger partial charge in [-0.2, -0.15) is 4.31 Å². The van der Waals surface area contributed by atoms with E-state index in [1.54, 1.807) is 7.05 Å². The number of nitrogens with zero attached hydrogens (tertiary/aromatic N) is 2. The summed E-state index contributed by atoms with van der Waals surface area (Å²) in [6, 6.07) is 12.1. The van der Waals surface area contributed by atoms with Gasteiger partial charge in [0.25, 0.3) is 5.91 Å². The first kappa shape index (κ1) is 19.0. The fraction of sp³-hybridized carbons (Fsp3) is 0.300. The molecule has 4 rings (SSSR count). The number of benzene rings is 2. The van der Waals surface area contributed by atoms with E-state index in [4.69, 9.17) is 0 Å². The van der Waals surface area contributed by atoms with Gasteiger partial charge in [-0.15, -0.1) is 0 Å². The number of carbonyl (C=O) groups excluding carboxylic acids is 1. The molecule has 28 heavy (non-hydrogen) atoms. The number of sulfonamides is 1. The lowest BCUT2D eigenvalue weighted by Crippen LogP contribution is -2.29. The maximum atomic E-state index is 12.6. The number of hydrogen-bond donors (Lipinski definition) is 1. The van der Waals surface area contributed by atoms with Gasteiger partial charge in [-0.3, -0.25) is 10.1 Å². The van der Waals surface area contributed by atoms with E-state index in [1.165, 1.54) is 39.9 Å². The van der Waals surface area contributed by atoms with Gasteiger partial charge in [0.1, 0.15) is 0 Å². The summed E-state index contributed by atoms with van der Waals surface area (Å²) >= 11 is 1.43. The molecule has 1 saturated carbocycles. The van der Waals surface area contributed by atoms with Crippen LogP contribution in [0.3, 0.4) is 0 Å². The van der Waals surface area contributed by atoms with Crippen molar-refractivity contribution in [3.63, 3.8) is 0 Å². The van der Waals surface area contributed by atoms with Gasteiger partial charge < -0.3 is 0 Å². The molecule has 1 fully saturated rings. The standard InChI is InChI=1S/C20H21N3O3S2/c1-3-13-5-4-6-17-18(13)21-20(27-17)22-19(24)14-7-11-16(12-8-14)28(25,26)23(2)15-9-10-15/h4-8,11-12,15H,3,9-10H2,1-2H3,(H,21,22,24). The van der Waals surface area contributed by atoms with Crippen molar-refractivity contribution in [1.82, 2.24) is 9.29 Å². The summed E-state index contributed by atoms with van der Waals surface area (Å²) in [6.07, 6.45) is 2.68. The maximum absolute atomic E-state index is 12.6. The van der Waals surface area contributed by atoms with Crippen molar-refractivity contribution < 1.29 is 13.2 Å². The third-order valence-corrected chi connectivity index (χ3v) is 7.82. The van der Waals surface area contributed by atoms with E-state index >= 15 is 0 Å². The molecule has 0 saturated heterocycles. The first-order valence-corrected chi connectivity index (χ1v) is 11.4. The van der Waals surface area contributed by atoms with Crippen LogP contribution in [0, 0.1) is 0 Å². The van der Waals surface area contributed by atoms with Crippen LogP contribution in [0.15, 0.2) is 47.4 Å². The molecule has 2 aromatic carbocycles. The molecule has 1 aliphatic rings. The van der Waals surface area contributed by atoms with Crippen LogP contribution in [0.2, 0.25) is 0 Å². The largest absolute Gasteiger partial charge is 0.298 e. The lowest BCUT2D eigenvalue weighted by molar-refractivity contribution is 0.102. The highest BCUT2D eigenvalue weighted by Crippen LogP contribution is 2.31. The van der Waals surface area contributed by atoms with Crippen molar-refractivity contribution in [2.75, 3.05) is 12.4 Å². The molecule has 1 N–H and O–H groups in total. The van der Waals surface area contributed by atoms with Crippen molar-refractivity contribution >= 4 is 42.6 Å². The van der Waals surface area contributed by atoms with Crippen LogP contribution in [0.4, 0.5) is 5.13 Å². The molecular formula is C20H21N3O3S2. The molecule has 0 aliphatic heterocycles. The molecule has 0 unspecified atom stereocenters. The van der Waals surface area contributed by atoms with Crippen molar-refractivity contribution in [2.24, 2.45) is 0 Å². The third kappa shape index (κ3) is 3.55. The molecule has 0 atom stereocenters. The number of amides is 1. The first-order valence-electron chi connectivity index (χ1n) is 9.18. The monoisotopic (exact) mass is 415 g/mol. The number of para-hydroxylation sites is 1. The first-order chi connectivity index (χ1) is 13.4. The van der Waals surface area contributed by atoms with Gasteiger partial charge in [-0.1, -0.05) is 30.4 Å². The molecule has 1 heterocycles. The molecule has 0 spiro atoms. The third-order valence-electron chi connectivity index (χ3n) is 4.96. The minimum Gasteiger partial charge on any atom is -0.298 e. The van der Waals surface area contributed by atoms with Crippen molar-refractivity contribution in [2.45, 2.75) is 37.1 Å². The summed E-state index contributed by atoms with van der Waals surface area (Å²) in [6.45, 7) is 2.07. The Bertz CT molecular complexity index is 1130. The summed E-state index contributed by atoms with van der Waals surface area (Å²) < 4.78 is 27.6. The van der Waals surface area contributed by atoms with Crippen molar-refractivity contribution in [1.29, 1.82) is 0 Å². The Morgan fingerprint density at radius 1 is 1.21 bits per heavy atom. The van der Waals surface area contributed by atoms with Crippen molar-refractivity contribution in [3.8, 4) is 0 Å². The topological polar surface area (TPSA) is 79.4 Å². The molecule has 8 heteroatoms. The fourth-order valence-electron chi connectivity index (χ4n) is 3.09. The maximum Gasteiger partial charge on any atom is 0.257 e. The van der Waals surface area contributed by atoms with Gasteiger partial charge in [0, 0.05) is 18.7 Å². The molecule has 6 nitrogen and oxygen atoms in total. The number of anilines is 1. The molecule has 0 bridgehead atoms. The Kier molecular flexibility index (Phi) is 4.95. The van der Waals surface area contributed by atoms with Gasteiger partial charge >= 0.3 is 0 Å². The highest BCUT2D eigenvalue weighted by atomic mass is 32.2. The Hall–Kier alpha value is -2.29. The minimum absolute atomic E-state index is 0.0972.